The van der Waals surface area contributed by atoms with E-state index in [0.717, 1.165) is 56.7 Å². The van der Waals surface area contributed by atoms with Crippen LogP contribution in [0.3, 0.4) is 0 Å². The Kier molecular flexibility index (Phi) is 5.24. The molecule has 1 atom stereocenters. The summed E-state index contributed by atoms with van der Waals surface area (Å²) in [5, 5.41) is 8.99. The van der Waals surface area contributed by atoms with Crippen LogP contribution in [-0.4, -0.2) is 27.4 Å². The summed E-state index contributed by atoms with van der Waals surface area (Å²) in [7, 11) is 0. The monoisotopic (exact) mass is 360 g/mol. The second-order valence-corrected chi connectivity index (χ2v) is 8.01. The zero-order valence-corrected chi connectivity index (χ0v) is 15.1. The third-order valence-electron chi connectivity index (χ3n) is 5.13. The zero-order chi connectivity index (χ0) is 17.1. The van der Waals surface area contributed by atoms with Crippen LogP contribution in [0.15, 0.2) is 29.3 Å². The lowest BCUT2D eigenvalue weighted by atomic mass is 9.91. The number of nitrogens with one attached hydrogen (secondary N) is 1. The van der Waals surface area contributed by atoms with Gasteiger partial charge >= 0.3 is 0 Å². The summed E-state index contributed by atoms with van der Waals surface area (Å²) in [6.07, 6.45) is 10.3. The topological polar surface area (TPSA) is 69.0 Å². The summed E-state index contributed by atoms with van der Waals surface area (Å²) < 4.78 is 7.35. The molecule has 1 unspecified atom stereocenters. The molecular formula is C18H24N4O2S. The number of hydrogen-bond donors (Lipinski definition) is 1. The predicted octanol–water partition coefficient (Wildman–Crippen LogP) is 2.82. The maximum atomic E-state index is 11.9. The number of thiazole rings is 1. The molecule has 1 saturated carbocycles. The fourth-order valence-corrected chi connectivity index (χ4v) is 4.69. The van der Waals surface area contributed by atoms with Crippen molar-refractivity contribution >= 4 is 11.3 Å². The highest BCUT2D eigenvalue weighted by atomic mass is 32.1. The van der Waals surface area contributed by atoms with Crippen LogP contribution in [0.2, 0.25) is 0 Å². The van der Waals surface area contributed by atoms with Crippen molar-refractivity contribution in [3.05, 3.63) is 44.8 Å². The summed E-state index contributed by atoms with van der Waals surface area (Å²) in [6, 6.07) is 4.03. The molecule has 4 rings (SSSR count). The molecule has 2 aromatic rings. The lowest BCUT2D eigenvalue weighted by Crippen LogP contribution is -2.36. The first-order valence-corrected chi connectivity index (χ1v) is 9.94. The molecule has 0 aromatic carbocycles. The van der Waals surface area contributed by atoms with Crippen LogP contribution >= 0.6 is 11.3 Å². The first kappa shape index (κ1) is 16.9. The number of aromatic nitrogens is 3. The minimum absolute atomic E-state index is 0.00484. The van der Waals surface area contributed by atoms with Gasteiger partial charge < -0.3 is 10.1 Å². The third kappa shape index (κ3) is 3.99. The van der Waals surface area contributed by atoms with Gasteiger partial charge in [-0.05, 0) is 44.6 Å². The first-order chi connectivity index (χ1) is 12.3. The molecule has 2 fully saturated rings. The molecule has 134 valence electrons. The Hall–Kier alpha value is -1.57. The van der Waals surface area contributed by atoms with Gasteiger partial charge in [-0.2, -0.15) is 5.10 Å². The van der Waals surface area contributed by atoms with Gasteiger partial charge in [-0.3, -0.25) is 4.79 Å². The quantitative estimate of drug-likeness (QED) is 0.888. The average Bonchev–Trinajstić information content (AvgIpc) is 3.32. The SMILES string of the molecule is O=c1cccnn1C1CCC(NCc2cnc(C3CCCO3)s2)CC1. The van der Waals surface area contributed by atoms with Crippen LogP contribution in [0.4, 0.5) is 0 Å². The summed E-state index contributed by atoms with van der Waals surface area (Å²) in [5.74, 6) is 0. The van der Waals surface area contributed by atoms with Crippen molar-refractivity contribution in [3.8, 4) is 0 Å². The number of rotatable bonds is 5. The summed E-state index contributed by atoms with van der Waals surface area (Å²) in [4.78, 5) is 17.7. The Morgan fingerprint density at radius 3 is 2.92 bits per heavy atom. The van der Waals surface area contributed by atoms with Gasteiger partial charge in [0.15, 0.2) is 0 Å². The number of nitrogens with zero attached hydrogens (tertiary/aromatic N) is 3. The molecule has 0 spiro atoms. The van der Waals surface area contributed by atoms with Gasteiger partial charge in [-0.25, -0.2) is 9.67 Å². The van der Waals surface area contributed by atoms with E-state index in [0.29, 0.717) is 6.04 Å². The van der Waals surface area contributed by atoms with Crippen molar-refractivity contribution in [2.75, 3.05) is 6.61 Å². The standard InChI is InChI=1S/C18H24N4O2S/c23-17-4-1-9-21-22(17)14-7-5-13(6-8-14)19-11-15-12-20-18(25-15)16-3-2-10-24-16/h1,4,9,12-14,16,19H,2-3,5-8,10-11H2. The molecule has 7 heteroatoms. The van der Waals surface area contributed by atoms with E-state index in [4.69, 9.17) is 4.74 Å². The fourth-order valence-electron chi connectivity index (χ4n) is 3.74. The van der Waals surface area contributed by atoms with Gasteiger partial charge in [0.1, 0.15) is 11.1 Å². The highest BCUT2D eigenvalue weighted by molar-refractivity contribution is 7.11. The molecule has 0 bridgehead atoms. The van der Waals surface area contributed by atoms with Crippen molar-refractivity contribution in [1.29, 1.82) is 0 Å². The first-order valence-electron chi connectivity index (χ1n) is 9.13. The van der Waals surface area contributed by atoms with Crippen molar-refractivity contribution in [2.24, 2.45) is 0 Å². The molecule has 1 saturated heterocycles. The van der Waals surface area contributed by atoms with Crippen LogP contribution in [0.1, 0.15) is 60.6 Å². The minimum Gasteiger partial charge on any atom is -0.371 e. The van der Waals surface area contributed by atoms with Crippen LogP contribution in [0, 0.1) is 0 Å². The Morgan fingerprint density at radius 2 is 2.16 bits per heavy atom. The van der Waals surface area contributed by atoms with Crippen molar-refractivity contribution in [1.82, 2.24) is 20.1 Å². The third-order valence-corrected chi connectivity index (χ3v) is 6.22. The van der Waals surface area contributed by atoms with Crippen LogP contribution in [-0.2, 0) is 11.3 Å². The summed E-state index contributed by atoms with van der Waals surface area (Å²) >= 11 is 1.76. The van der Waals surface area contributed by atoms with E-state index in [2.05, 4.69) is 15.4 Å². The summed E-state index contributed by atoms with van der Waals surface area (Å²) in [6.45, 7) is 1.73. The second-order valence-electron chi connectivity index (χ2n) is 6.86. The van der Waals surface area contributed by atoms with Crippen LogP contribution in [0.5, 0.6) is 0 Å². The molecule has 1 aliphatic heterocycles. The highest BCUT2D eigenvalue weighted by Crippen LogP contribution is 2.32. The predicted molar refractivity (Wildman–Crippen MR) is 96.7 cm³/mol. The van der Waals surface area contributed by atoms with E-state index in [1.807, 2.05) is 6.20 Å². The molecule has 0 radical (unpaired) electrons. The molecule has 25 heavy (non-hydrogen) atoms. The normalized spacial score (nSPS) is 26.8. The molecular weight excluding hydrogens is 336 g/mol. The summed E-state index contributed by atoms with van der Waals surface area (Å²) in [5.41, 5.74) is 0.00484. The van der Waals surface area contributed by atoms with E-state index in [1.54, 1.807) is 34.3 Å². The van der Waals surface area contributed by atoms with Crippen molar-refractivity contribution in [2.45, 2.75) is 63.3 Å². The highest BCUT2D eigenvalue weighted by Gasteiger charge is 2.24. The van der Waals surface area contributed by atoms with Gasteiger partial charge in [0, 0.05) is 42.5 Å². The van der Waals surface area contributed by atoms with E-state index in [-0.39, 0.29) is 17.7 Å². The van der Waals surface area contributed by atoms with Gasteiger partial charge in [0.25, 0.3) is 5.56 Å². The Labute approximate surface area is 151 Å². The number of ether oxygens (including phenoxy) is 1. The molecule has 2 aromatic heterocycles. The van der Waals surface area contributed by atoms with Gasteiger partial charge in [0.2, 0.25) is 0 Å². The molecule has 0 amide bonds. The van der Waals surface area contributed by atoms with E-state index < -0.39 is 0 Å². The molecule has 1 N–H and O–H groups in total. The lowest BCUT2D eigenvalue weighted by molar-refractivity contribution is 0.111. The Morgan fingerprint density at radius 1 is 1.28 bits per heavy atom. The van der Waals surface area contributed by atoms with Crippen LogP contribution in [0.25, 0.3) is 0 Å². The largest absolute Gasteiger partial charge is 0.371 e. The van der Waals surface area contributed by atoms with Crippen molar-refractivity contribution in [3.63, 3.8) is 0 Å². The number of hydrogen-bond acceptors (Lipinski definition) is 6. The van der Waals surface area contributed by atoms with Crippen molar-refractivity contribution < 1.29 is 4.74 Å². The van der Waals surface area contributed by atoms with Gasteiger partial charge in [0.05, 0.1) is 6.04 Å². The van der Waals surface area contributed by atoms with E-state index >= 15 is 0 Å². The molecule has 2 aliphatic rings. The zero-order valence-electron chi connectivity index (χ0n) is 14.3. The molecule has 3 heterocycles. The average molecular weight is 360 g/mol. The fraction of sp³-hybridized carbons (Fsp3) is 0.611. The smallest absolute Gasteiger partial charge is 0.266 e. The van der Waals surface area contributed by atoms with E-state index in [1.165, 1.54) is 4.88 Å². The van der Waals surface area contributed by atoms with Crippen LogP contribution < -0.4 is 10.9 Å². The maximum absolute atomic E-state index is 11.9. The maximum Gasteiger partial charge on any atom is 0.266 e. The second kappa shape index (κ2) is 7.76. The van der Waals surface area contributed by atoms with E-state index in [9.17, 15) is 4.79 Å². The lowest BCUT2D eigenvalue weighted by Gasteiger charge is -2.29. The Balaban J connectivity index is 1.26. The molecule has 6 nitrogen and oxygen atoms in total. The van der Waals surface area contributed by atoms with Gasteiger partial charge in [-0.1, -0.05) is 0 Å². The van der Waals surface area contributed by atoms with Gasteiger partial charge in [-0.15, -0.1) is 11.3 Å². The Bertz CT molecular complexity index is 745. The molecule has 1 aliphatic carbocycles. The minimum atomic E-state index is 0.00484.